The standard InChI is InChI=1S/C7H5OSe/c8-6-9-7-4-2-1-3-5-7/h1-5H. The molecule has 0 spiro atoms. The van der Waals surface area contributed by atoms with Gasteiger partial charge in [0, 0.05) is 0 Å². The van der Waals surface area contributed by atoms with Gasteiger partial charge in [0.15, 0.2) is 0 Å². The molecule has 0 N–H and O–H groups in total. The molecule has 0 fully saturated rings. The Balaban J connectivity index is 2.97. The first-order chi connectivity index (χ1) is 4.43. The molecule has 0 saturated carbocycles. The van der Waals surface area contributed by atoms with Crippen LogP contribution in [-0.2, 0) is 4.79 Å². The van der Waals surface area contributed by atoms with Gasteiger partial charge in [-0.15, -0.1) is 0 Å². The molecule has 1 aromatic carbocycles. The molecule has 9 heavy (non-hydrogen) atoms. The molecule has 1 rings (SSSR count). The zero-order valence-corrected chi connectivity index (χ0v) is 6.42. The number of rotatable bonds is 1. The summed E-state index contributed by atoms with van der Waals surface area (Å²) in [6, 6.07) is 9.66. The minimum absolute atomic E-state index is 0.0960. The molecule has 2 heteroatoms. The van der Waals surface area contributed by atoms with Gasteiger partial charge in [0.1, 0.15) is 0 Å². The van der Waals surface area contributed by atoms with E-state index < -0.39 is 0 Å². The van der Waals surface area contributed by atoms with E-state index in [1.54, 1.807) is 0 Å². The summed E-state index contributed by atoms with van der Waals surface area (Å²) in [5.74, 6) is 0. The molecule has 0 atom stereocenters. The van der Waals surface area contributed by atoms with E-state index in [9.17, 15) is 4.79 Å². The zero-order valence-electron chi connectivity index (χ0n) is 4.70. The maximum absolute atomic E-state index is 9.88. The first kappa shape index (κ1) is 6.44. The second-order valence-electron chi connectivity index (χ2n) is 1.50. The van der Waals surface area contributed by atoms with Crippen molar-refractivity contribution < 1.29 is 4.79 Å². The van der Waals surface area contributed by atoms with Crippen LogP contribution < -0.4 is 4.46 Å². The van der Waals surface area contributed by atoms with Gasteiger partial charge in [0.2, 0.25) is 0 Å². The van der Waals surface area contributed by atoms with Gasteiger partial charge in [-0.25, -0.2) is 0 Å². The van der Waals surface area contributed by atoms with Crippen molar-refractivity contribution in [1.82, 2.24) is 0 Å². The molecule has 1 nitrogen and oxygen atoms in total. The summed E-state index contributed by atoms with van der Waals surface area (Å²) in [6.07, 6.45) is 0. The van der Waals surface area contributed by atoms with Crippen LogP contribution in [0.25, 0.3) is 0 Å². The molecule has 45 valence electrons. The average Bonchev–Trinajstić information content (AvgIpc) is 1.91. The molecular weight excluding hydrogens is 179 g/mol. The molecule has 0 bridgehead atoms. The van der Waals surface area contributed by atoms with Crippen molar-refractivity contribution in [1.29, 1.82) is 0 Å². The third-order valence-corrected chi connectivity index (χ3v) is 2.14. The Labute approximate surface area is 59.4 Å². The predicted octanol–water partition coefficient (Wildman–Crippen LogP) is 0.0833. The van der Waals surface area contributed by atoms with E-state index in [-0.39, 0.29) is 14.5 Å². The van der Waals surface area contributed by atoms with Gasteiger partial charge < -0.3 is 0 Å². The van der Waals surface area contributed by atoms with E-state index in [0.717, 1.165) is 4.46 Å². The molecule has 1 aromatic rings. The molecule has 1 radical (unpaired) electrons. The van der Waals surface area contributed by atoms with Crippen molar-refractivity contribution in [3.05, 3.63) is 30.3 Å². The Morgan fingerprint density at radius 1 is 1.22 bits per heavy atom. The van der Waals surface area contributed by atoms with Gasteiger partial charge in [-0.1, -0.05) is 0 Å². The molecular formula is C7H5OSe. The van der Waals surface area contributed by atoms with Crippen LogP contribution in [0, 0.1) is 0 Å². The Bertz CT molecular complexity index is 224. The Kier molecular flexibility index (Phi) is 2.41. The van der Waals surface area contributed by atoms with Gasteiger partial charge in [-0.3, -0.25) is 0 Å². The number of carbonyl (C=O) groups excluding carboxylic acids is 1. The summed E-state index contributed by atoms with van der Waals surface area (Å²) >= 11 is -0.0960. The summed E-state index contributed by atoms with van der Waals surface area (Å²) in [5, 5.41) is 0. The van der Waals surface area contributed by atoms with Gasteiger partial charge in [0.25, 0.3) is 0 Å². The second-order valence-corrected chi connectivity index (χ2v) is 3.27. The molecule has 0 aliphatic carbocycles. The predicted molar refractivity (Wildman–Crippen MR) is 37.5 cm³/mol. The van der Waals surface area contributed by atoms with Gasteiger partial charge in [-0.05, 0) is 0 Å². The molecule has 0 aliphatic rings. The number of benzene rings is 1. The van der Waals surface area contributed by atoms with Crippen LogP contribution in [0.4, 0.5) is 0 Å². The Morgan fingerprint density at radius 3 is 2.44 bits per heavy atom. The van der Waals surface area contributed by atoms with Crippen LogP contribution in [0.15, 0.2) is 30.3 Å². The first-order valence-electron chi connectivity index (χ1n) is 2.52. The van der Waals surface area contributed by atoms with Crippen LogP contribution in [0.5, 0.6) is 0 Å². The van der Waals surface area contributed by atoms with Gasteiger partial charge in [-0.2, -0.15) is 0 Å². The molecule has 0 unspecified atom stereocenters. The molecule has 0 amide bonds. The van der Waals surface area contributed by atoms with Crippen LogP contribution in [0.3, 0.4) is 0 Å². The van der Waals surface area contributed by atoms with E-state index in [0.29, 0.717) is 0 Å². The number of hydrogen-bond donors (Lipinski definition) is 0. The van der Waals surface area contributed by atoms with E-state index >= 15 is 0 Å². The van der Waals surface area contributed by atoms with Crippen molar-refractivity contribution in [2.45, 2.75) is 0 Å². The average molecular weight is 184 g/mol. The summed E-state index contributed by atoms with van der Waals surface area (Å²) < 4.78 is 1.08. The van der Waals surface area contributed by atoms with Crippen molar-refractivity contribution in [3.63, 3.8) is 0 Å². The Hall–Kier alpha value is -0.681. The monoisotopic (exact) mass is 185 g/mol. The van der Waals surface area contributed by atoms with E-state index in [4.69, 9.17) is 0 Å². The molecule has 0 saturated heterocycles. The SMILES string of the molecule is O=C=[Se]c1ccccc1. The normalized spacial score (nSPS) is 8.00. The van der Waals surface area contributed by atoms with Crippen LogP contribution in [0.2, 0.25) is 0 Å². The van der Waals surface area contributed by atoms with Crippen LogP contribution in [0.1, 0.15) is 0 Å². The van der Waals surface area contributed by atoms with Crippen molar-refractivity contribution in [2.75, 3.05) is 0 Å². The van der Waals surface area contributed by atoms with E-state index in [1.807, 2.05) is 35.1 Å². The summed E-state index contributed by atoms with van der Waals surface area (Å²) in [7, 11) is 0. The van der Waals surface area contributed by atoms with E-state index in [1.165, 1.54) is 0 Å². The summed E-state index contributed by atoms with van der Waals surface area (Å²) in [4.78, 5) is 11.8. The zero-order chi connectivity index (χ0) is 6.53. The summed E-state index contributed by atoms with van der Waals surface area (Å²) in [6.45, 7) is 0. The first-order valence-corrected chi connectivity index (χ1v) is 4.24. The third-order valence-electron chi connectivity index (χ3n) is 0.903. The van der Waals surface area contributed by atoms with Crippen molar-refractivity contribution in [3.8, 4) is 0 Å². The fourth-order valence-electron chi connectivity index (χ4n) is 0.537. The fraction of sp³-hybridized carbons (Fsp3) is 0. The molecule has 0 aromatic heterocycles. The second kappa shape index (κ2) is 3.37. The van der Waals surface area contributed by atoms with Gasteiger partial charge >= 0.3 is 58.9 Å². The van der Waals surface area contributed by atoms with Crippen LogP contribution >= 0.6 is 0 Å². The van der Waals surface area contributed by atoms with E-state index in [2.05, 4.69) is 0 Å². The quantitative estimate of drug-likeness (QED) is 0.565. The molecule has 0 heterocycles. The van der Waals surface area contributed by atoms with Crippen molar-refractivity contribution in [2.24, 2.45) is 0 Å². The maximum atomic E-state index is 9.88. The minimum atomic E-state index is -0.0960. The Morgan fingerprint density at radius 2 is 1.89 bits per heavy atom. The van der Waals surface area contributed by atoms with Crippen molar-refractivity contribution >= 4 is 23.8 Å². The topological polar surface area (TPSA) is 17.1 Å². The van der Waals surface area contributed by atoms with Gasteiger partial charge in [0.05, 0.1) is 0 Å². The molecule has 0 aliphatic heterocycles. The fourth-order valence-corrected chi connectivity index (χ4v) is 1.35. The third kappa shape index (κ3) is 1.94. The van der Waals surface area contributed by atoms with Crippen LogP contribution in [-0.4, -0.2) is 19.3 Å². The number of hydrogen-bond acceptors (Lipinski definition) is 1. The summed E-state index contributed by atoms with van der Waals surface area (Å²) in [5.41, 5.74) is 0.